The molecule has 0 fully saturated rings. The molecule has 2 heteroatoms. The van der Waals surface area contributed by atoms with Crippen LogP contribution >= 0.6 is 11.6 Å². The number of rotatable bonds is 4. The Bertz CT molecular complexity index is 327. The third-order valence-electron chi connectivity index (χ3n) is 2.11. The maximum atomic E-state index is 5.91. The fourth-order valence-electron chi connectivity index (χ4n) is 1.40. The van der Waals surface area contributed by atoms with Crippen LogP contribution in [0.25, 0.3) is 0 Å². The zero-order valence-electron chi connectivity index (χ0n) is 8.26. The molecule has 0 saturated heterocycles. The van der Waals surface area contributed by atoms with Crippen molar-refractivity contribution < 1.29 is 0 Å². The van der Waals surface area contributed by atoms with Gasteiger partial charge in [-0.15, -0.1) is 6.42 Å². The van der Waals surface area contributed by atoms with E-state index in [9.17, 15) is 0 Å². The highest BCUT2D eigenvalue weighted by Gasteiger charge is 2.07. The molecule has 1 aromatic rings. The minimum Gasteiger partial charge on any atom is -0.299 e. The Balaban J connectivity index is 2.74. The zero-order chi connectivity index (χ0) is 10.4. The number of hydrogen-bond donors (Lipinski definition) is 1. The van der Waals surface area contributed by atoms with Crippen molar-refractivity contribution in [3.8, 4) is 12.3 Å². The fourth-order valence-corrected chi connectivity index (χ4v) is 1.60. The first kappa shape index (κ1) is 11.1. The molecule has 0 aliphatic rings. The van der Waals surface area contributed by atoms with E-state index in [-0.39, 0.29) is 0 Å². The molecule has 1 rings (SSSR count). The highest BCUT2D eigenvalue weighted by Crippen LogP contribution is 2.19. The lowest BCUT2D eigenvalue weighted by Gasteiger charge is -2.15. The lowest BCUT2D eigenvalue weighted by molar-refractivity contribution is 0.555. The molecule has 1 aromatic carbocycles. The minimum absolute atomic E-state index is 0.296. The Morgan fingerprint density at radius 1 is 1.57 bits per heavy atom. The third-order valence-corrected chi connectivity index (χ3v) is 2.34. The summed E-state index contributed by atoms with van der Waals surface area (Å²) in [7, 11) is 0. The molecular weight excluding hydrogens is 194 g/mol. The van der Waals surface area contributed by atoms with Crippen molar-refractivity contribution in [3.63, 3.8) is 0 Å². The highest BCUT2D eigenvalue weighted by atomic mass is 35.5. The number of hydrogen-bond acceptors (Lipinski definition) is 1. The second-order valence-corrected chi connectivity index (χ2v) is 3.54. The summed E-state index contributed by atoms with van der Waals surface area (Å²) in [4.78, 5) is 0. The Hall–Kier alpha value is -0.970. The molecule has 0 spiro atoms. The SMILES string of the molecule is C#CCNC(CC)c1cccc(Cl)c1. The molecule has 1 N–H and O–H groups in total. The first-order valence-corrected chi connectivity index (χ1v) is 5.08. The molecule has 0 amide bonds. The largest absolute Gasteiger partial charge is 0.299 e. The van der Waals surface area contributed by atoms with Crippen LogP contribution in [0, 0.1) is 12.3 Å². The quantitative estimate of drug-likeness (QED) is 0.749. The van der Waals surface area contributed by atoms with E-state index in [1.807, 2.05) is 18.2 Å². The zero-order valence-corrected chi connectivity index (χ0v) is 9.01. The van der Waals surface area contributed by atoms with Crippen LogP contribution in [0.15, 0.2) is 24.3 Å². The summed E-state index contributed by atoms with van der Waals surface area (Å²) < 4.78 is 0. The van der Waals surface area contributed by atoms with Gasteiger partial charge in [-0.3, -0.25) is 5.32 Å². The van der Waals surface area contributed by atoms with E-state index >= 15 is 0 Å². The summed E-state index contributed by atoms with van der Waals surface area (Å²) in [5.74, 6) is 2.57. The van der Waals surface area contributed by atoms with Crippen LogP contribution in [0.3, 0.4) is 0 Å². The van der Waals surface area contributed by atoms with Gasteiger partial charge in [-0.2, -0.15) is 0 Å². The Kier molecular flexibility index (Phi) is 4.52. The predicted octanol–water partition coefficient (Wildman–Crippen LogP) is 3.01. The summed E-state index contributed by atoms with van der Waals surface area (Å²) in [5, 5.41) is 4.03. The van der Waals surface area contributed by atoms with Crippen LogP contribution in [0.5, 0.6) is 0 Å². The minimum atomic E-state index is 0.296. The number of halogens is 1. The van der Waals surface area contributed by atoms with Crippen molar-refractivity contribution in [1.82, 2.24) is 5.32 Å². The second kappa shape index (κ2) is 5.70. The molecule has 0 heterocycles. The molecular formula is C12H14ClN. The van der Waals surface area contributed by atoms with Gasteiger partial charge in [-0.1, -0.05) is 36.6 Å². The second-order valence-electron chi connectivity index (χ2n) is 3.10. The summed E-state index contributed by atoms with van der Waals surface area (Å²) in [6, 6.07) is 8.16. The van der Waals surface area contributed by atoms with Crippen LogP contribution in [0.2, 0.25) is 5.02 Å². The van der Waals surface area contributed by atoms with Gasteiger partial charge in [0.15, 0.2) is 0 Å². The van der Waals surface area contributed by atoms with E-state index in [0.29, 0.717) is 12.6 Å². The molecule has 0 radical (unpaired) electrons. The first-order chi connectivity index (χ1) is 6.77. The molecule has 0 aromatic heterocycles. The van der Waals surface area contributed by atoms with Crippen LogP contribution < -0.4 is 5.32 Å². The first-order valence-electron chi connectivity index (χ1n) is 4.70. The summed E-state index contributed by atoms with van der Waals surface area (Å²) in [6.45, 7) is 2.71. The van der Waals surface area contributed by atoms with E-state index in [1.165, 1.54) is 5.56 Å². The number of terminal acetylenes is 1. The standard InChI is InChI=1S/C12H14ClN/c1-3-8-14-12(4-2)10-6-5-7-11(13)9-10/h1,5-7,9,12,14H,4,8H2,2H3. The predicted molar refractivity (Wildman–Crippen MR) is 61.3 cm³/mol. The fraction of sp³-hybridized carbons (Fsp3) is 0.333. The Labute approximate surface area is 90.5 Å². The average molecular weight is 208 g/mol. The molecule has 0 bridgehead atoms. The summed E-state index contributed by atoms with van der Waals surface area (Å²) in [5.41, 5.74) is 1.19. The van der Waals surface area contributed by atoms with Gasteiger partial charge in [0, 0.05) is 11.1 Å². The van der Waals surface area contributed by atoms with Crippen LogP contribution in [0.1, 0.15) is 24.9 Å². The van der Waals surface area contributed by atoms with Gasteiger partial charge >= 0.3 is 0 Å². The van der Waals surface area contributed by atoms with E-state index < -0.39 is 0 Å². The molecule has 14 heavy (non-hydrogen) atoms. The summed E-state index contributed by atoms with van der Waals surface area (Å²) in [6.07, 6.45) is 6.20. The van der Waals surface area contributed by atoms with Crippen LogP contribution in [-0.4, -0.2) is 6.54 Å². The average Bonchev–Trinajstić information content (AvgIpc) is 2.19. The molecule has 74 valence electrons. The van der Waals surface area contributed by atoms with Crippen LogP contribution in [0.4, 0.5) is 0 Å². The van der Waals surface area contributed by atoms with Crippen molar-refractivity contribution in [2.45, 2.75) is 19.4 Å². The Morgan fingerprint density at radius 2 is 2.36 bits per heavy atom. The highest BCUT2D eigenvalue weighted by molar-refractivity contribution is 6.30. The number of nitrogens with one attached hydrogen (secondary N) is 1. The van der Waals surface area contributed by atoms with E-state index in [1.54, 1.807) is 0 Å². The van der Waals surface area contributed by atoms with Gasteiger partial charge in [-0.25, -0.2) is 0 Å². The van der Waals surface area contributed by atoms with Gasteiger partial charge in [0.2, 0.25) is 0 Å². The monoisotopic (exact) mass is 207 g/mol. The van der Waals surface area contributed by atoms with Crippen molar-refractivity contribution in [2.75, 3.05) is 6.54 Å². The normalized spacial score (nSPS) is 12.1. The van der Waals surface area contributed by atoms with Crippen LogP contribution in [-0.2, 0) is 0 Å². The molecule has 1 unspecified atom stereocenters. The van der Waals surface area contributed by atoms with Gasteiger partial charge < -0.3 is 0 Å². The topological polar surface area (TPSA) is 12.0 Å². The molecule has 0 aliphatic heterocycles. The van der Waals surface area contributed by atoms with Crippen molar-refractivity contribution in [3.05, 3.63) is 34.9 Å². The van der Waals surface area contributed by atoms with Gasteiger partial charge in [0.1, 0.15) is 0 Å². The van der Waals surface area contributed by atoms with Crippen molar-refractivity contribution in [2.24, 2.45) is 0 Å². The summed E-state index contributed by atoms with van der Waals surface area (Å²) >= 11 is 5.91. The number of benzene rings is 1. The van der Waals surface area contributed by atoms with Gasteiger partial charge in [0.25, 0.3) is 0 Å². The lowest BCUT2D eigenvalue weighted by Crippen LogP contribution is -2.20. The molecule has 1 atom stereocenters. The van der Waals surface area contributed by atoms with Gasteiger partial charge in [-0.05, 0) is 24.1 Å². The van der Waals surface area contributed by atoms with E-state index in [0.717, 1.165) is 11.4 Å². The van der Waals surface area contributed by atoms with Gasteiger partial charge in [0.05, 0.1) is 6.54 Å². The maximum absolute atomic E-state index is 5.91. The van der Waals surface area contributed by atoms with Crippen molar-refractivity contribution >= 4 is 11.6 Å². The molecule has 1 nitrogen and oxygen atoms in total. The Morgan fingerprint density at radius 3 is 2.93 bits per heavy atom. The smallest absolute Gasteiger partial charge is 0.0578 e. The van der Waals surface area contributed by atoms with Crippen molar-refractivity contribution in [1.29, 1.82) is 0 Å². The lowest BCUT2D eigenvalue weighted by atomic mass is 10.0. The third kappa shape index (κ3) is 3.06. The molecule has 0 saturated carbocycles. The molecule has 0 aliphatic carbocycles. The van der Waals surface area contributed by atoms with E-state index in [2.05, 4.69) is 24.2 Å². The maximum Gasteiger partial charge on any atom is 0.0578 e. The van der Waals surface area contributed by atoms with E-state index in [4.69, 9.17) is 18.0 Å².